The quantitative estimate of drug-likeness (QED) is 0.806. The molecule has 0 saturated carbocycles. The lowest BCUT2D eigenvalue weighted by Gasteiger charge is -2.05. The third kappa shape index (κ3) is 3.64. The largest absolute Gasteiger partial charge is 0.494 e. The number of ether oxygens (including phenoxy) is 1. The van der Waals surface area contributed by atoms with Gasteiger partial charge in [-0.25, -0.2) is 4.39 Å². The van der Waals surface area contributed by atoms with Gasteiger partial charge in [0.2, 0.25) is 0 Å². The summed E-state index contributed by atoms with van der Waals surface area (Å²) in [5, 5.41) is 3.00. The van der Waals surface area contributed by atoms with Crippen LogP contribution in [0.25, 0.3) is 0 Å². The second kappa shape index (κ2) is 7.18. The van der Waals surface area contributed by atoms with Gasteiger partial charge in [0.15, 0.2) is 11.6 Å². The fourth-order valence-corrected chi connectivity index (χ4v) is 0.980. The summed E-state index contributed by atoms with van der Waals surface area (Å²) in [6.45, 7) is 6.74. The van der Waals surface area contributed by atoms with Gasteiger partial charge in [0.05, 0.1) is 7.11 Å². The first-order chi connectivity index (χ1) is 6.77. The maximum absolute atomic E-state index is 13.0. The van der Waals surface area contributed by atoms with Crippen molar-refractivity contribution >= 4 is 5.69 Å². The number of methoxy groups -OCH3 is 1. The standard InChI is InChI=1S/C9H12FNO.C2H6/c1-3-11-7-4-5-9(12-2)8(10)6-7;1-2/h4-6,11H,3H2,1-2H3;1-2H3. The molecule has 1 aromatic carbocycles. The molecule has 3 heteroatoms. The summed E-state index contributed by atoms with van der Waals surface area (Å²) in [6, 6.07) is 4.81. The van der Waals surface area contributed by atoms with Crippen molar-refractivity contribution in [3.8, 4) is 5.75 Å². The third-order valence-electron chi connectivity index (χ3n) is 1.53. The molecule has 0 amide bonds. The van der Waals surface area contributed by atoms with Crippen LogP contribution in [-0.4, -0.2) is 13.7 Å². The van der Waals surface area contributed by atoms with Gasteiger partial charge in [0.1, 0.15) is 0 Å². The summed E-state index contributed by atoms with van der Waals surface area (Å²) in [5.74, 6) is -0.0624. The van der Waals surface area contributed by atoms with Crippen molar-refractivity contribution in [3.05, 3.63) is 24.0 Å². The first-order valence-electron chi connectivity index (χ1n) is 4.85. The van der Waals surface area contributed by atoms with Crippen LogP contribution in [0, 0.1) is 5.82 Å². The first-order valence-corrected chi connectivity index (χ1v) is 4.85. The minimum Gasteiger partial charge on any atom is -0.494 e. The van der Waals surface area contributed by atoms with E-state index in [1.165, 1.54) is 13.2 Å². The second-order valence-corrected chi connectivity index (χ2v) is 2.38. The van der Waals surface area contributed by atoms with E-state index in [0.717, 1.165) is 12.2 Å². The van der Waals surface area contributed by atoms with Crippen LogP contribution in [0.5, 0.6) is 5.75 Å². The Morgan fingerprint density at radius 1 is 1.36 bits per heavy atom. The molecule has 1 rings (SSSR count). The van der Waals surface area contributed by atoms with E-state index < -0.39 is 0 Å². The molecule has 0 bridgehead atoms. The fraction of sp³-hybridized carbons (Fsp3) is 0.455. The molecule has 1 N–H and O–H groups in total. The van der Waals surface area contributed by atoms with Crippen LogP contribution in [0.2, 0.25) is 0 Å². The zero-order valence-corrected chi connectivity index (χ0v) is 9.23. The number of rotatable bonds is 3. The Hall–Kier alpha value is -1.25. The molecule has 80 valence electrons. The smallest absolute Gasteiger partial charge is 0.167 e. The minimum atomic E-state index is -0.337. The molecule has 0 unspecified atom stereocenters. The van der Waals surface area contributed by atoms with Crippen molar-refractivity contribution in [1.82, 2.24) is 0 Å². The summed E-state index contributed by atoms with van der Waals surface area (Å²) in [6.07, 6.45) is 0. The van der Waals surface area contributed by atoms with Crippen LogP contribution in [0.4, 0.5) is 10.1 Å². The third-order valence-corrected chi connectivity index (χ3v) is 1.53. The predicted molar refractivity (Wildman–Crippen MR) is 58.5 cm³/mol. The van der Waals surface area contributed by atoms with Gasteiger partial charge in [0.25, 0.3) is 0 Å². The molecule has 14 heavy (non-hydrogen) atoms. The van der Waals surface area contributed by atoms with E-state index in [0.29, 0.717) is 0 Å². The number of benzene rings is 1. The summed E-state index contributed by atoms with van der Waals surface area (Å²) in [5.41, 5.74) is 0.774. The normalized spacial score (nSPS) is 8.64. The van der Waals surface area contributed by atoms with E-state index in [1.54, 1.807) is 12.1 Å². The SMILES string of the molecule is CC.CCNc1ccc(OC)c(F)c1. The predicted octanol–water partition coefficient (Wildman–Crippen LogP) is 3.29. The monoisotopic (exact) mass is 199 g/mol. The first kappa shape index (κ1) is 12.8. The number of hydrogen-bond acceptors (Lipinski definition) is 2. The Bertz CT molecular complexity index is 263. The molecule has 0 aliphatic carbocycles. The highest BCUT2D eigenvalue weighted by atomic mass is 19.1. The molecule has 0 heterocycles. The lowest BCUT2D eigenvalue weighted by atomic mass is 10.3. The average molecular weight is 199 g/mol. The second-order valence-electron chi connectivity index (χ2n) is 2.38. The molecule has 0 radical (unpaired) electrons. The van der Waals surface area contributed by atoms with Crippen LogP contribution in [-0.2, 0) is 0 Å². The van der Waals surface area contributed by atoms with Crippen molar-refractivity contribution in [2.24, 2.45) is 0 Å². The van der Waals surface area contributed by atoms with Gasteiger partial charge in [-0.15, -0.1) is 0 Å². The van der Waals surface area contributed by atoms with E-state index in [2.05, 4.69) is 5.32 Å². The van der Waals surface area contributed by atoms with Crippen molar-refractivity contribution in [1.29, 1.82) is 0 Å². The van der Waals surface area contributed by atoms with Crippen molar-refractivity contribution in [3.63, 3.8) is 0 Å². The summed E-state index contributed by atoms with van der Waals surface area (Å²) in [4.78, 5) is 0. The Morgan fingerprint density at radius 3 is 2.43 bits per heavy atom. The van der Waals surface area contributed by atoms with Gasteiger partial charge in [0, 0.05) is 18.3 Å². The molecular weight excluding hydrogens is 181 g/mol. The Kier molecular flexibility index (Phi) is 6.54. The molecule has 0 aromatic heterocycles. The Morgan fingerprint density at radius 2 is 2.00 bits per heavy atom. The number of nitrogens with one attached hydrogen (secondary N) is 1. The Balaban J connectivity index is 0.000000791. The van der Waals surface area contributed by atoms with Crippen LogP contribution < -0.4 is 10.1 Å². The van der Waals surface area contributed by atoms with Gasteiger partial charge in [-0.3, -0.25) is 0 Å². The van der Waals surface area contributed by atoms with E-state index >= 15 is 0 Å². The minimum absolute atomic E-state index is 0.275. The van der Waals surface area contributed by atoms with Crippen molar-refractivity contribution in [2.45, 2.75) is 20.8 Å². The molecule has 0 fully saturated rings. The highest BCUT2D eigenvalue weighted by Gasteiger charge is 2.01. The topological polar surface area (TPSA) is 21.3 Å². The maximum Gasteiger partial charge on any atom is 0.167 e. The van der Waals surface area contributed by atoms with Gasteiger partial charge >= 0.3 is 0 Å². The molecule has 0 atom stereocenters. The molecular formula is C11H18FNO. The van der Waals surface area contributed by atoms with E-state index in [1.807, 2.05) is 20.8 Å². The zero-order chi connectivity index (χ0) is 11.0. The van der Waals surface area contributed by atoms with E-state index in [9.17, 15) is 4.39 Å². The molecule has 0 saturated heterocycles. The van der Waals surface area contributed by atoms with Crippen molar-refractivity contribution < 1.29 is 9.13 Å². The van der Waals surface area contributed by atoms with Crippen LogP contribution in [0.3, 0.4) is 0 Å². The van der Waals surface area contributed by atoms with Gasteiger partial charge < -0.3 is 10.1 Å². The Labute approximate surface area is 85.1 Å². The fourth-order valence-electron chi connectivity index (χ4n) is 0.980. The van der Waals surface area contributed by atoms with Crippen LogP contribution in [0.1, 0.15) is 20.8 Å². The van der Waals surface area contributed by atoms with Gasteiger partial charge in [-0.1, -0.05) is 13.8 Å². The van der Waals surface area contributed by atoms with Gasteiger partial charge in [-0.2, -0.15) is 0 Å². The molecule has 0 spiro atoms. The number of anilines is 1. The summed E-state index contributed by atoms with van der Waals surface area (Å²) < 4.78 is 17.8. The zero-order valence-electron chi connectivity index (χ0n) is 9.23. The lowest BCUT2D eigenvalue weighted by molar-refractivity contribution is 0.386. The molecule has 0 aliphatic rings. The summed E-state index contributed by atoms with van der Waals surface area (Å²) >= 11 is 0. The van der Waals surface area contributed by atoms with Crippen LogP contribution in [0.15, 0.2) is 18.2 Å². The maximum atomic E-state index is 13.0. The average Bonchev–Trinajstić information content (AvgIpc) is 2.22. The van der Waals surface area contributed by atoms with E-state index in [4.69, 9.17) is 4.74 Å². The summed E-state index contributed by atoms with van der Waals surface area (Å²) in [7, 11) is 1.45. The highest BCUT2D eigenvalue weighted by Crippen LogP contribution is 2.20. The van der Waals surface area contributed by atoms with Crippen LogP contribution >= 0.6 is 0 Å². The molecule has 2 nitrogen and oxygen atoms in total. The number of halogens is 1. The van der Waals surface area contributed by atoms with E-state index in [-0.39, 0.29) is 11.6 Å². The lowest BCUT2D eigenvalue weighted by Crippen LogP contribution is -1.97. The molecule has 1 aromatic rings. The van der Waals surface area contributed by atoms with Crippen molar-refractivity contribution in [2.75, 3.05) is 19.0 Å². The number of hydrogen-bond donors (Lipinski definition) is 1. The highest BCUT2D eigenvalue weighted by molar-refractivity contribution is 5.47. The van der Waals surface area contributed by atoms with Gasteiger partial charge in [-0.05, 0) is 19.1 Å². The molecule has 0 aliphatic heterocycles.